The van der Waals surface area contributed by atoms with Crippen molar-refractivity contribution in [3.05, 3.63) is 12.2 Å². The summed E-state index contributed by atoms with van der Waals surface area (Å²) in [6.45, 7) is 7.66. The highest BCUT2D eigenvalue weighted by atomic mass is 16.5. The molecule has 0 amide bonds. The van der Waals surface area contributed by atoms with Gasteiger partial charge in [0.05, 0.1) is 0 Å². The quantitative estimate of drug-likeness (QED) is 0.272. The average molecular weight is 274 g/mol. The smallest absolute Gasteiger partial charge is 0.333 e. The molecule has 0 N–H and O–H groups in total. The van der Waals surface area contributed by atoms with Crippen LogP contribution in [0.4, 0.5) is 0 Å². The monoisotopic (exact) mass is 274 g/mol. The predicted molar refractivity (Wildman–Crippen MR) is 83.9 cm³/mol. The molecule has 0 atom stereocenters. The maximum atomic E-state index is 11.0. The molecule has 0 aliphatic heterocycles. The molecule has 0 saturated heterocycles. The molecule has 0 aliphatic carbocycles. The summed E-state index contributed by atoms with van der Waals surface area (Å²) in [6.07, 6.45) is 9.15. The molecule has 110 valence electrons. The lowest BCUT2D eigenvalue weighted by molar-refractivity contribution is -0.138. The summed E-state index contributed by atoms with van der Waals surface area (Å²) >= 11 is 0. The van der Waals surface area contributed by atoms with E-state index in [2.05, 4.69) is 37.2 Å². The lowest BCUT2D eigenvalue weighted by Crippen LogP contribution is -2.05. The first-order chi connectivity index (χ1) is 9.68. The zero-order valence-electron chi connectivity index (χ0n) is 12.9. The molecule has 0 fully saturated rings. The molecule has 0 spiro atoms. The highest BCUT2D eigenvalue weighted by Gasteiger charge is 2.00. The third-order valence-electron chi connectivity index (χ3n) is 2.70. The summed E-state index contributed by atoms with van der Waals surface area (Å²) in [6, 6.07) is 0. The Morgan fingerprint density at radius 2 is 1.60 bits per heavy atom. The number of ether oxygens (including phenoxy) is 1. The Morgan fingerprint density at radius 3 is 2.25 bits per heavy atom. The molecule has 20 heavy (non-hydrogen) atoms. The van der Waals surface area contributed by atoms with Crippen LogP contribution in [-0.4, -0.2) is 12.6 Å². The Hall–Kier alpha value is -1.67. The van der Waals surface area contributed by atoms with E-state index >= 15 is 0 Å². The van der Waals surface area contributed by atoms with Gasteiger partial charge in [0.15, 0.2) is 0 Å². The molecule has 0 aromatic rings. The first kappa shape index (κ1) is 18.3. The molecule has 0 aromatic carbocycles. The van der Waals surface area contributed by atoms with E-state index in [1.807, 2.05) is 0 Å². The summed E-state index contributed by atoms with van der Waals surface area (Å²) in [7, 11) is 0. The maximum absolute atomic E-state index is 11.0. The van der Waals surface area contributed by atoms with Crippen LogP contribution in [0.1, 0.15) is 65.2 Å². The van der Waals surface area contributed by atoms with Gasteiger partial charge in [-0.25, -0.2) is 4.79 Å². The Kier molecular flexibility index (Phi) is 12.6. The SMILES string of the molecule is C=C(C)C(=O)OCCC#CC#CCCCCCCCC. The second-order valence-electron chi connectivity index (χ2n) is 4.79. The fourth-order valence-electron chi connectivity index (χ4n) is 1.53. The van der Waals surface area contributed by atoms with Crippen molar-refractivity contribution in [1.82, 2.24) is 0 Å². The number of carbonyl (C=O) groups is 1. The van der Waals surface area contributed by atoms with Gasteiger partial charge in [-0.15, -0.1) is 0 Å². The summed E-state index contributed by atoms with van der Waals surface area (Å²) in [5, 5.41) is 0. The molecular weight excluding hydrogens is 248 g/mol. The molecular formula is C18H26O2. The molecule has 0 aliphatic rings. The number of esters is 1. The molecule has 0 heterocycles. The van der Waals surface area contributed by atoms with Gasteiger partial charge < -0.3 is 4.74 Å². The number of hydrogen-bond acceptors (Lipinski definition) is 2. The fraction of sp³-hybridized carbons (Fsp3) is 0.611. The Labute approximate surface area is 124 Å². The number of hydrogen-bond donors (Lipinski definition) is 0. The van der Waals surface area contributed by atoms with Crippen molar-refractivity contribution in [1.29, 1.82) is 0 Å². The zero-order valence-corrected chi connectivity index (χ0v) is 12.9. The Bertz CT molecular complexity index is 399. The van der Waals surface area contributed by atoms with Crippen molar-refractivity contribution >= 4 is 5.97 Å². The molecule has 2 nitrogen and oxygen atoms in total. The van der Waals surface area contributed by atoms with Crippen molar-refractivity contribution < 1.29 is 9.53 Å². The van der Waals surface area contributed by atoms with E-state index in [9.17, 15) is 4.79 Å². The largest absolute Gasteiger partial charge is 0.461 e. The van der Waals surface area contributed by atoms with Crippen LogP contribution >= 0.6 is 0 Å². The van der Waals surface area contributed by atoms with Gasteiger partial charge in [0, 0.05) is 18.4 Å². The van der Waals surface area contributed by atoms with Gasteiger partial charge in [-0.2, -0.15) is 0 Å². The number of unbranched alkanes of at least 4 members (excludes halogenated alkanes) is 6. The molecule has 0 saturated carbocycles. The van der Waals surface area contributed by atoms with E-state index in [4.69, 9.17) is 4.74 Å². The number of carbonyl (C=O) groups excluding carboxylic acids is 1. The zero-order chi connectivity index (χ0) is 15.1. The fourth-order valence-corrected chi connectivity index (χ4v) is 1.53. The molecule has 0 unspecified atom stereocenters. The minimum absolute atomic E-state index is 0.303. The normalized spacial score (nSPS) is 8.90. The minimum atomic E-state index is -0.360. The standard InChI is InChI=1S/C18H26O2/c1-4-5-6-7-8-9-10-11-12-13-14-15-16-20-18(19)17(2)3/h2,4-10,15-16H2,1,3H3. The number of rotatable bonds is 9. The molecule has 2 heteroatoms. The third-order valence-corrected chi connectivity index (χ3v) is 2.70. The predicted octanol–water partition coefficient (Wildman–Crippen LogP) is 4.25. The summed E-state index contributed by atoms with van der Waals surface area (Å²) in [4.78, 5) is 11.0. The highest BCUT2D eigenvalue weighted by Crippen LogP contribution is 2.05. The summed E-state index contributed by atoms with van der Waals surface area (Å²) < 4.78 is 4.91. The summed E-state index contributed by atoms with van der Waals surface area (Å²) in [5.41, 5.74) is 0.414. The van der Waals surface area contributed by atoms with Crippen LogP contribution in [0.2, 0.25) is 0 Å². The van der Waals surface area contributed by atoms with Crippen molar-refractivity contribution in [2.45, 2.75) is 65.2 Å². The lowest BCUT2D eigenvalue weighted by atomic mass is 10.1. The average Bonchev–Trinajstić information content (AvgIpc) is 2.43. The van der Waals surface area contributed by atoms with Gasteiger partial charge in [0.1, 0.15) is 6.61 Å². The van der Waals surface area contributed by atoms with E-state index in [0.29, 0.717) is 18.6 Å². The highest BCUT2D eigenvalue weighted by molar-refractivity contribution is 5.86. The van der Waals surface area contributed by atoms with Crippen LogP contribution in [0, 0.1) is 23.7 Å². The van der Waals surface area contributed by atoms with Crippen molar-refractivity contribution in [2.24, 2.45) is 0 Å². The molecule has 0 radical (unpaired) electrons. The van der Waals surface area contributed by atoms with Gasteiger partial charge in [-0.1, -0.05) is 57.4 Å². The van der Waals surface area contributed by atoms with E-state index in [-0.39, 0.29) is 5.97 Å². The van der Waals surface area contributed by atoms with Crippen molar-refractivity contribution in [3.63, 3.8) is 0 Å². The van der Waals surface area contributed by atoms with Crippen LogP contribution in [0.3, 0.4) is 0 Å². The topological polar surface area (TPSA) is 26.3 Å². The van der Waals surface area contributed by atoms with Gasteiger partial charge in [0.2, 0.25) is 0 Å². The Morgan fingerprint density at radius 1 is 1.00 bits per heavy atom. The van der Waals surface area contributed by atoms with E-state index < -0.39 is 0 Å². The summed E-state index contributed by atoms with van der Waals surface area (Å²) in [5.74, 6) is 11.2. The maximum Gasteiger partial charge on any atom is 0.333 e. The molecule has 0 rings (SSSR count). The first-order valence-electron chi connectivity index (χ1n) is 7.46. The molecule has 0 bridgehead atoms. The van der Waals surface area contributed by atoms with E-state index in [1.54, 1.807) is 6.92 Å². The van der Waals surface area contributed by atoms with Crippen molar-refractivity contribution in [2.75, 3.05) is 6.61 Å². The van der Waals surface area contributed by atoms with Gasteiger partial charge in [-0.3, -0.25) is 0 Å². The van der Waals surface area contributed by atoms with E-state index in [1.165, 1.54) is 32.1 Å². The van der Waals surface area contributed by atoms with Crippen LogP contribution in [0.15, 0.2) is 12.2 Å². The van der Waals surface area contributed by atoms with Gasteiger partial charge in [-0.05, 0) is 25.2 Å². The second-order valence-corrected chi connectivity index (χ2v) is 4.79. The van der Waals surface area contributed by atoms with Crippen LogP contribution in [0.5, 0.6) is 0 Å². The van der Waals surface area contributed by atoms with Crippen LogP contribution in [-0.2, 0) is 9.53 Å². The third kappa shape index (κ3) is 12.8. The van der Waals surface area contributed by atoms with Gasteiger partial charge in [0.25, 0.3) is 0 Å². The van der Waals surface area contributed by atoms with Crippen LogP contribution in [0.25, 0.3) is 0 Å². The van der Waals surface area contributed by atoms with Gasteiger partial charge >= 0.3 is 5.97 Å². The van der Waals surface area contributed by atoms with E-state index in [0.717, 1.165) is 12.8 Å². The van der Waals surface area contributed by atoms with Crippen molar-refractivity contribution in [3.8, 4) is 23.7 Å². The molecule has 0 aromatic heterocycles. The first-order valence-corrected chi connectivity index (χ1v) is 7.46. The second kappa shape index (κ2) is 13.8. The minimum Gasteiger partial charge on any atom is -0.461 e. The van der Waals surface area contributed by atoms with Crippen LogP contribution < -0.4 is 0 Å². The Balaban J connectivity index is 3.46. The lowest BCUT2D eigenvalue weighted by Gasteiger charge is -1.99.